The van der Waals surface area contributed by atoms with E-state index in [1.807, 2.05) is 20.8 Å². The largest absolute Gasteiger partial charge is 0.494 e. The number of fused-ring (bicyclic) bond motifs is 1. The van der Waals surface area contributed by atoms with E-state index in [2.05, 4.69) is 17.6 Å². The summed E-state index contributed by atoms with van der Waals surface area (Å²) in [6.07, 6.45) is 2.93. The van der Waals surface area contributed by atoms with Gasteiger partial charge in [0.2, 0.25) is 17.7 Å². The van der Waals surface area contributed by atoms with E-state index < -0.39 is 35.6 Å². The van der Waals surface area contributed by atoms with Crippen molar-refractivity contribution in [3.63, 3.8) is 0 Å². The molecule has 0 aromatic heterocycles. The van der Waals surface area contributed by atoms with Gasteiger partial charge in [0, 0.05) is 11.7 Å². The number of anilines is 1. The minimum atomic E-state index is -1.07. The van der Waals surface area contributed by atoms with E-state index in [4.69, 9.17) is 9.47 Å². The van der Waals surface area contributed by atoms with Crippen molar-refractivity contribution < 1.29 is 29.0 Å². The summed E-state index contributed by atoms with van der Waals surface area (Å²) in [5, 5.41) is 16.1. The zero-order valence-corrected chi connectivity index (χ0v) is 21.7. The molecule has 1 spiro atoms. The molecule has 4 rings (SSSR count). The second kappa shape index (κ2) is 10.8. The molecule has 3 amide bonds. The lowest BCUT2D eigenvalue weighted by Crippen LogP contribution is -2.58. The molecule has 0 radical (unpaired) electrons. The molecule has 3 aliphatic heterocycles. The van der Waals surface area contributed by atoms with Gasteiger partial charge in [0.1, 0.15) is 17.4 Å². The minimum Gasteiger partial charge on any atom is -0.494 e. The lowest BCUT2D eigenvalue weighted by molar-refractivity contribution is -0.145. The van der Waals surface area contributed by atoms with Crippen LogP contribution in [0.3, 0.4) is 0 Å². The van der Waals surface area contributed by atoms with Crippen LogP contribution in [-0.2, 0) is 19.1 Å². The fraction of sp³-hybridized carbons (Fsp3) is 0.667. The van der Waals surface area contributed by atoms with Gasteiger partial charge in [-0.05, 0) is 63.8 Å². The second-order valence-corrected chi connectivity index (χ2v) is 10.2. The van der Waals surface area contributed by atoms with Gasteiger partial charge >= 0.3 is 0 Å². The van der Waals surface area contributed by atoms with Gasteiger partial charge in [-0.25, -0.2) is 0 Å². The van der Waals surface area contributed by atoms with Crippen molar-refractivity contribution in [2.75, 3.05) is 18.5 Å². The quantitative estimate of drug-likeness (QED) is 0.429. The van der Waals surface area contributed by atoms with Crippen molar-refractivity contribution in [2.24, 2.45) is 11.8 Å². The van der Waals surface area contributed by atoms with E-state index >= 15 is 0 Å². The van der Waals surface area contributed by atoms with Gasteiger partial charge < -0.3 is 30.1 Å². The third-order valence-electron chi connectivity index (χ3n) is 7.91. The molecule has 9 nitrogen and oxygen atoms in total. The van der Waals surface area contributed by atoms with E-state index in [0.29, 0.717) is 37.3 Å². The maximum atomic E-state index is 13.9. The topological polar surface area (TPSA) is 117 Å². The van der Waals surface area contributed by atoms with Crippen molar-refractivity contribution in [1.29, 1.82) is 0 Å². The standard InChI is InChI=1S/C27H39N3O6/c1-5-8-16(4)28-25(33)23-27-14-13-20(36-27)21(22(27)26(34)30(23)18(6-2)15-31)24(32)29-17-9-11-19(12-10-17)35-7-3/h9-12,16,18,20-23,31H,5-8,13-15H2,1-4H3,(H,28,33)(H,29,32)/t16?,18-,20-,21+,22-,23?,27?/m0/s1. The predicted molar refractivity (Wildman–Crippen MR) is 134 cm³/mol. The van der Waals surface area contributed by atoms with Crippen LogP contribution in [0.4, 0.5) is 5.69 Å². The Labute approximate surface area is 212 Å². The van der Waals surface area contributed by atoms with Crippen molar-refractivity contribution in [3.05, 3.63) is 24.3 Å². The number of carbonyl (C=O) groups excluding carboxylic acids is 3. The number of aliphatic hydroxyl groups excluding tert-OH is 1. The minimum absolute atomic E-state index is 0.0542. The van der Waals surface area contributed by atoms with Crippen LogP contribution in [0.5, 0.6) is 5.75 Å². The molecule has 0 saturated carbocycles. The van der Waals surface area contributed by atoms with Crippen molar-refractivity contribution in [3.8, 4) is 5.75 Å². The highest BCUT2D eigenvalue weighted by atomic mass is 16.5. The fourth-order valence-corrected chi connectivity index (χ4v) is 6.35. The zero-order valence-electron chi connectivity index (χ0n) is 21.7. The van der Waals surface area contributed by atoms with E-state index in [-0.39, 0.29) is 30.4 Å². The smallest absolute Gasteiger partial charge is 0.246 e. The Morgan fingerprint density at radius 1 is 1.22 bits per heavy atom. The van der Waals surface area contributed by atoms with Crippen LogP contribution in [0.2, 0.25) is 0 Å². The fourth-order valence-electron chi connectivity index (χ4n) is 6.35. The molecule has 9 heteroatoms. The molecular weight excluding hydrogens is 462 g/mol. The Balaban J connectivity index is 1.62. The third kappa shape index (κ3) is 4.47. The van der Waals surface area contributed by atoms with Gasteiger partial charge in [0.15, 0.2) is 0 Å². The van der Waals surface area contributed by atoms with Crippen LogP contribution >= 0.6 is 0 Å². The number of likely N-dealkylation sites (tertiary alicyclic amines) is 1. The molecule has 7 atom stereocenters. The van der Waals surface area contributed by atoms with Gasteiger partial charge in [-0.1, -0.05) is 20.3 Å². The summed E-state index contributed by atoms with van der Waals surface area (Å²) in [5.74, 6) is -1.61. The summed E-state index contributed by atoms with van der Waals surface area (Å²) in [5.41, 5.74) is -0.465. The van der Waals surface area contributed by atoms with Crippen molar-refractivity contribution in [1.82, 2.24) is 10.2 Å². The summed E-state index contributed by atoms with van der Waals surface area (Å²) in [7, 11) is 0. The number of hydrogen-bond acceptors (Lipinski definition) is 6. The first-order valence-electron chi connectivity index (χ1n) is 13.3. The van der Waals surface area contributed by atoms with Crippen LogP contribution < -0.4 is 15.4 Å². The molecule has 36 heavy (non-hydrogen) atoms. The molecule has 3 saturated heterocycles. The molecule has 2 bridgehead atoms. The van der Waals surface area contributed by atoms with Gasteiger partial charge in [-0.2, -0.15) is 0 Å². The van der Waals surface area contributed by atoms with E-state index in [1.165, 1.54) is 4.90 Å². The maximum absolute atomic E-state index is 13.9. The van der Waals surface area contributed by atoms with E-state index in [0.717, 1.165) is 12.8 Å². The lowest BCUT2D eigenvalue weighted by atomic mass is 9.70. The molecule has 198 valence electrons. The molecule has 0 aliphatic carbocycles. The summed E-state index contributed by atoms with van der Waals surface area (Å²) in [4.78, 5) is 42.5. The normalized spacial score (nSPS) is 30.1. The first kappa shape index (κ1) is 26.4. The molecule has 1 aromatic carbocycles. The van der Waals surface area contributed by atoms with Crippen molar-refractivity contribution >= 4 is 23.4 Å². The average Bonchev–Trinajstić information content (AvgIpc) is 3.49. The van der Waals surface area contributed by atoms with Crippen LogP contribution in [0.1, 0.15) is 59.8 Å². The molecule has 3 unspecified atom stereocenters. The summed E-state index contributed by atoms with van der Waals surface area (Å²) >= 11 is 0. The summed E-state index contributed by atoms with van der Waals surface area (Å²) in [6, 6.07) is 5.64. The third-order valence-corrected chi connectivity index (χ3v) is 7.91. The van der Waals surface area contributed by atoms with Crippen LogP contribution in [0.15, 0.2) is 24.3 Å². The number of ether oxygens (including phenoxy) is 2. The van der Waals surface area contributed by atoms with Crippen molar-refractivity contribution in [2.45, 2.75) is 89.6 Å². The van der Waals surface area contributed by atoms with Gasteiger partial charge in [-0.15, -0.1) is 0 Å². The molecular formula is C27H39N3O6. The molecule has 3 N–H and O–H groups in total. The highest BCUT2D eigenvalue weighted by molar-refractivity contribution is 6.02. The van der Waals surface area contributed by atoms with Crippen LogP contribution in [-0.4, -0.2) is 70.8 Å². The number of hydrogen-bond donors (Lipinski definition) is 3. The molecule has 3 fully saturated rings. The number of nitrogens with one attached hydrogen (secondary N) is 2. The highest BCUT2D eigenvalue weighted by Gasteiger charge is 2.75. The Morgan fingerprint density at radius 3 is 2.56 bits per heavy atom. The Hall–Kier alpha value is -2.65. The van der Waals surface area contributed by atoms with Gasteiger partial charge in [0.25, 0.3) is 0 Å². The number of aliphatic hydroxyl groups is 1. The van der Waals surface area contributed by atoms with Gasteiger partial charge in [-0.3, -0.25) is 14.4 Å². The second-order valence-electron chi connectivity index (χ2n) is 10.2. The number of benzene rings is 1. The zero-order chi connectivity index (χ0) is 26.0. The molecule has 3 heterocycles. The number of rotatable bonds is 11. The summed E-state index contributed by atoms with van der Waals surface area (Å²) < 4.78 is 11.9. The van der Waals surface area contributed by atoms with Crippen LogP contribution in [0, 0.1) is 11.8 Å². The Bertz CT molecular complexity index is 965. The average molecular weight is 502 g/mol. The van der Waals surface area contributed by atoms with Crippen LogP contribution in [0.25, 0.3) is 0 Å². The SMILES string of the molecule is CCCC(C)NC(=O)C1N([C@@H](CC)CO)C(=O)[C@@H]2[C@H](C(=O)Nc3ccc(OCC)cc3)[C@@H]3CCC12O3. The lowest BCUT2D eigenvalue weighted by Gasteiger charge is -2.37. The first-order chi connectivity index (χ1) is 17.3. The van der Waals surface area contributed by atoms with E-state index in [1.54, 1.807) is 24.3 Å². The number of carbonyl (C=O) groups is 3. The molecule has 1 aromatic rings. The maximum Gasteiger partial charge on any atom is 0.246 e. The van der Waals surface area contributed by atoms with E-state index in [9.17, 15) is 19.5 Å². The molecule has 3 aliphatic rings. The highest BCUT2D eigenvalue weighted by Crippen LogP contribution is 2.59. The monoisotopic (exact) mass is 501 g/mol. The first-order valence-corrected chi connectivity index (χ1v) is 13.3. The number of amides is 3. The Kier molecular flexibility index (Phi) is 7.90. The number of nitrogens with zero attached hydrogens (tertiary/aromatic N) is 1. The summed E-state index contributed by atoms with van der Waals surface area (Å²) in [6.45, 7) is 8.07. The predicted octanol–water partition coefficient (Wildman–Crippen LogP) is 2.47. The van der Waals surface area contributed by atoms with Gasteiger partial charge in [0.05, 0.1) is 37.2 Å². The Morgan fingerprint density at radius 2 is 1.94 bits per heavy atom.